The molecular formula is C20H25ClN2O2S. The average molecular weight is 393 g/mol. The molecular weight excluding hydrogens is 368 g/mol. The first-order valence-electron chi connectivity index (χ1n) is 9.52. The van der Waals surface area contributed by atoms with Crippen molar-refractivity contribution in [1.29, 1.82) is 0 Å². The van der Waals surface area contributed by atoms with Crippen molar-refractivity contribution in [2.45, 2.75) is 51.0 Å². The fourth-order valence-electron chi connectivity index (χ4n) is 5.63. The fraction of sp³-hybridized carbons (Fsp3) is 0.600. The number of carbonyl (C=O) groups excluding carboxylic acids is 1. The highest BCUT2D eigenvalue weighted by Crippen LogP contribution is 2.55. The van der Waals surface area contributed by atoms with Crippen molar-refractivity contribution in [3.63, 3.8) is 0 Å². The van der Waals surface area contributed by atoms with Crippen molar-refractivity contribution >= 4 is 34.8 Å². The number of benzene rings is 1. The molecule has 5 rings (SSSR count). The minimum absolute atomic E-state index is 0.0928. The summed E-state index contributed by atoms with van der Waals surface area (Å²) in [7, 11) is 0. The lowest BCUT2D eigenvalue weighted by Crippen LogP contribution is -2.61. The molecule has 0 aliphatic heterocycles. The van der Waals surface area contributed by atoms with E-state index in [-0.39, 0.29) is 11.4 Å². The summed E-state index contributed by atoms with van der Waals surface area (Å²) >= 11 is 11.6. The molecule has 1 aromatic rings. The third kappa shape index (κ3) is 3.56. The highest BCUT2D eigenvalue weighted by Gasteiger charge is 2.51. The SMILES string of the molecule is CCOc1ccc(C(=O)NC(=S)NC23CC4CC(CC(C4)C2)C3)cc1Cl. The Bertz CT molecular complexity index is 701. The van der Waals surface area contributed by atoms with Gasteiger partial charge in [0.25, 0.3) is 5.91 Å². The van der Waals surface area contributed by atoms with Crippen LogP contribution in [-0.4, -0.2) is 23.2 Å². The third-order valence-electron chi connectivity index (χ3n) is 6.14. The van der Waals surface area contributed by atoms with Crippen molar-refractivity contribution < 1.29 is 9.53 Å². The van der Waals surface area contributed by atoms with Gasteiger partial charge in [-0.1, -0.05) is 11.6 Å². The van der Waals surface area contributed by atoms with E-state index >= 15 is 0 Å². The minimum atomic E-state index is -0.239. The van der Waals surface area contributed by atoms with Crippen molar-refractivity contribution in [1.82, 2.24) is 10.6 Å². The number of carbonyl (C=O) groups is 1. The molecule has 4 aliphatic rings. The number of hydrogen-bond donors (Lipinski definition) is 2. The molecule has 26 heavy (non-hydrogen) atoms. The van der Waals surface area contributed by atoms with E-state index in [0.717, 1.165) is 17.8 Å². The second kappa shape index (κ2) is 7.01. The van der Waals surface area contributed by atoms with E-state index in [1.165, 1.54) is 38.5 Å². The van der Waals surface area contributed by atoms with E-state index in [0.29, 0.717) is 28.1 Å². The van der Waals surface area contributed by atoms with Gasteiger partial charge in [0.15, 0.2) is 5.11 Å². The molecule has 0 aromatic heterocycles. The zero-order chi connectivity index (χ0) is 18.3. The van der Waals surface area contributed by atoms with E-state index in [9.17, 15) is 4.79 Å². The van der Waals surface area contributed by atoms with Crippen LogP contribution >= 0.6 is 23.8 Å². The molecule has 0 saturated heterocycles. The van der Waals surface area contributed by atoms with Gasteiger partial charge in [0.2, 0.25) is 0 Å². The molecule has 140 valence electrons. The number of halogens is 1. The van der Waals surface area contributed by atoms with Crippen molar-refractivity contribution in [2.75, 3.05) is 6.61 Å². The van der Waals surface area contributed by atoms with E-state index in [4.69, 9.17) is 28.6 Å². The smallest absolute Gasteiger partial charge is 0.257 e. The first kappa shape index (κ1) is 18.1. The second-order valence-corrected chi connectivity index (χ2v) is 9.00. The summed E-state index contributed by atoms with van der Waals surface area (Å²) < 4.78 is 5.41. The summed E-state index contributed by atoms with van der Waals surface area (Å²) in [5, 5.41) is 7.21. The lowest BCUT2D eigenvalue weighted by atomic mass is 9.53. The maximum atomic E-state index is 12.5. The third-order valence-corrected chi connectivity index (χ3v) is 6.64. The molecule has 4 bridgehead atoms. The van der Waals surface area contributed by atoms with Gasteiger partial charge in [-0.3, -0.25) is 10.1 Å². The Morgan fingerprint density at radius 3 is 2.38 bits per heavy atom. The number of rotatable bonds is 4. The van der Waals surface area contributed by atoms with Crippen LogP contribution in [0.3, 0.4) is 0 Å². The van der Waals surface area contributed by atoms with E-state index in [2.05, 4.69) is 10.6 Å². The fourth-order valence-corrected chi connectivity index (χ4v) is 6.17. The van der Waals surface area contributed by atoms with Crippen LogP contribution in [0, 0.1) is 17.8 Å². The lowest BCUT2D eigenvalue weighted by molar-refractivity contribution is -0.0101. The minimum Gasteiger partial charge on any atom is -0.492 e. The molecule has 4 fully saturated rings. The predicted octanol–water partition coefficient (Wildman–Crippen LogP) is 4.31. The quantitative estimate of drug-likeness (QED) is 0.749. The van der Waals surface area contributed by atoms with Crippen LogP contribution in [0.2, 0.25) is 5.02 Å². The van der Waals surface area contributed by atoms with E-state index in [1.807, 2.05) is 6.92 Å². The molecule has 4 nitrogen and oxygen atoms in total. The van der Waals surface area contributed by atoms with E-state index < -0.39 is 0 Å². The van der Waals surface area contributed by atoms with Crippen molar-refractivity contribution in [3.05, 3.63) is 28.8 Å². The zero-order valence-corrected chi connectivity index (χ0v) is 16.6. The van der Waals surface area contributed by atoms with Crippen LogP contribution in [0.15, 0.2) is 18.2 Å². The van der Waals surface area contributed by atoms with Crippen LogP contribution in [0.5, 0.6) is 5.75 Å². The maximum Gasteiger partial charge on any atom is 0.257 e. The van der Waals surface area contributed by atoms with Gasteiger partial charge < -0.3 is 10.1 Å². The summed E-state index contributed by atoms with van der Waals surface area (Å²) in [5.74, 6) is 2.84. The Labute approximate surface area is 165 Å². The summed E-state index contributed by atoms with van der Waals surface area (Å²) in [5.41, 5.74) is 0.573. The van der Waals surface area contributed by atoms with Gasteiger partial charge >= 0.3 is 0 Å². The molecule has 4 aliphatic carbocycles. The Kier molecular flexibility index (Phi) is 4.86. The monoisotopic (exact) mass is 392 g/mol. The number of ether oxygens (including phenoxy) is 1. The molecule has 2 N–H and O–H groups in total. The summed E-state index contributed by atoms with van der Waals surface area (Å²) in [6.07, 6.45) is 7.69. The Morgan fingerprint density at radius 2 is 1.85 bits per heavy atom. The van der Waals surface area contributed by atoms with Gasteiger partial charge in [0.1, 0.15) is 5.75 Å². The maximum absolute atomic E-state index is 12.5. The van der Waals surface area contributed by atoms with Gasteiger partial charge in [-0.25, -0.2) is 0 Å². The largest absolute Gasteiger partial charge is 0.492 e. The number of hydrogen-bond acceptors (Lipinski definition) is 3. The summed E-state index contributed by atoms with van der Waals surface area (Å²) in [6.45, 7) is 2.43. The van der Waals surface area contributed by atoms with Crippen LogP contribution in [0.1, 0.15) is 55.8 Å². The number of nitrogens with one attached hydrogen (secondary N) is 2. The Hall–Kier alpha value is -1.33. The van der Waals surface area contributed by atoms with Gasteiger partial charge in [0, 0.05) is 11.1 Å². The highest BCUT2D eigenvalue weighted by atomic mass is 35.5. The van der Waals surface area contributed by atoms with Crippen molar-refractivity contribution in [2.24, 2.45) is 17.8 Å². The second-order valence-electron chi connectivity index (χ2n) is 8.18. The molecule has 0 radical (unpaired) electrons. The highest BCUT2D eigenvalue weighted by molar-refractivity contribution is 7.80. The first-order chi connectivity index (χ1) is 12.5. The first-order valence-corrected chi connectivity index (χ1v) is 10.3. The molecule has 0 heterocycles. The lowest BCUT2D eigenvalue weighted by Gasteiger charge is -2.57. The standard InChI is InChI=1S/C20H25ClN2O2S/c1-2-25-17-4-3-15(8-16(17)21)18(24)22-19(26)23-20-9-12-5-13(10-20)7-14(6-12)11-20/h3-4,8,12-14H,2,5-7,9-11H2,1H3,(H2,22,23,24,26). The Balaban J connectivity index is 1.39. The van der Waals surface area contributed by atoms with Crippen LogP contribution in [-0.2, 0) is 0 Å². The molecule has 4 saturated carbocycles. The van der Waals surface area contributed by atoms with Gasteiger partial charge in [0.05, 0.1) is 11.6 Å². The van der Waals surface area contributed by atoms with Crippen molar-refractivity contribution in [3.8, 4) is 5.75 Å². The molecule has 0 unspecified atom stereocenters. The topological polar surface area (TPSA) is 50.4 Å². The predicted molar refractivity (Wildman–Crippen MR) is 107 cm³/mol. The van der Waals surface area contributed by atoms with Gasteiger partial charge in [-0.05, 0) is 93.6 Å². The number of amides is 1. The summed E-state index contributed by atoms with van der Waals surface area (Å²) in [6, 6.07) is 5.05. The van der Waals surface area contributed by atoms with Crippen LogP contribution in [0.4, 0.5) is 0 Å². The van der Waals surface area contributed by atoms with E-state index in [1.54, 1.807) is 18.2 Å². The normalized spacial score (nSPS) is 31.5. The summed E-state index contributed by atoms with van der Waals surface area (Å²) in [4.78, 5) is 12.5. The molecule has 6 heteroatoms. The molecule has 0 spiro atoms. The van der Waals surface area contributed by atoms with Crippen LogP contribution in [0.25, 0.3) is 0 Å². The average Bonchev–Trinajstić information content (AvgIpc) is 2.54. The molecule has 0 atom stereocenters. The van der Waals surface area contributed by atoms with Crippen LogP contribution < -0.4 is 15.4 Å². The zero-order valence-electron chi connectivity index (χ0n) is 15.0. The van der Waals surface area contributed by atoms with Gasteiger partial charge in [-0.2, -0.15) is 0 Å². The molecule has 1 aromatic carbocycles. The molecule has 1 amide bonds. The van der Waals surface area contributed by atoms with Gasteiger partial charge in [-0.15, -0.1) is 0 Å². The number of thiocarbonyl (C=S) groups is 1. The Morgan fingerprint density at radius 1 is 1.23 bits per heavy atom.